The first-order valence-corrected chi connectivity index (χ1v) is 10.9. The summed E-state index contributed by atoms with van der Waals surface area (Å²) < 4.78 is 0. The fourth-order valence-corrected chi connectivity index (χ4v) is 5.43. The Bertz CT molecular complexity index is 695. The van der Waals surface area contributed by atoms with Crippen LogP contribution in [-0.4, -0.2) is 41.9 Å². The molecular weight excluding hydrogens is 350 g/mol. The van der Waals surface area contributed by atoms with E-state index in [1.807, 2.05) is 36.1 Å². The highest BCUT2D eigenvalue weighted by Crippen LogP contribution is 2.42. The highest BCUT2D eigenvalue weighted by Gasteiger charge is 2.41. The van der Waals surface area contributed by atoms with Crippen LogP contribution in [0, 0.1) is 24.7 Å². The lowest BCUT2D eigenvalue weighted by molar-refractivity contribution is -0.128. The first-order chi connectivity index (χ1) is 13.5. The number of piperidine rings is 1. The zero-order valence-corrected chi connectivity index (χ0v) is 16.9. The molecule has 1 heterocycles. The minimum Gasteiger partial charge on any atom is -0.353 e. The lowest BCUT2D eigenvalue weighted by atomic mass is 9.65. The number of amides is 2. The number of fused-ring (bicyclic) bond motifs is 2. The Balaban J connectivity index is 1.27. The van der Waals surface area contributed by atoms with Gasteiger partial charge in [-0.1, -0.05) is 24.1 Å². The first-order valence-electron chi connectivity index (χ1n) is 10.9. The molecule has 0 radical (unpaired) electrons. The van der Waals surface area contributed by atoms with Crippen molar-refractivity contribution < 1.29 is 9.59 Å². The minimum atomic E-state index is 0.0962. The van der Waals surface area contributed by atoms with Gasteiger partial charge < -0.3 is 16.0 Å². The van der Waals surface area contributed by atoms with E-state index in [1.54, 1.807) is 0 Å². The minimum absolute atomic E-state index is 0.0962. The van der Waals surface area contributed by atoms with Crippen LogP contribution in [0.3, 0.4) is 0 Å². The van der Waals surface area contributed by atoms with Crippen molar-refractivity contribution in [1.82, 2.24) is 10.2 Å². The summed E-state index contributed by atoms with van der Waals surface area (Å²) in [7, 11) is 0. The first kappa shape index (κ1) is 19.4. The molecule has 3 N–H and O–H groups in total. The monoisotopic (exact) mass is 383 g/mol. The van der Waals surface area contributed by atoms with Crippen molar-refractivity contribution in [3.63, 3.8) is 0 Å². The molecule has 1 aliphatic heterocycles. The molecule has 1 aromatic carbocycles. The molecule has 3 fully saturated rings. The average Bonchev–Trinajstić information content (AvgIpc) is 2.68. The van der Waals surface area contributed by atoms with Crippen LogP contribution >= 0.6 is 0 Å². The van der Waals surface area contributed by atoms with Crippen molar-refractivity contribution in [2.24, 2.45) is 23.5 Å². The number of hydrogen-bond donors (Lipinski definition) is 2. The van der Waals surface area contributed by atoms with Gasteiger partial charge in [0.15, 0.2) is 0 Å². The molecule has 28 heavy (non-hydrogen) atoms. The number of benzene rings is 1. The molecule has 3 aliphatic rings. The second-order valence-corrected chi connectivity index (χ2v) is 9.14. The maximum atomic E-state index is 12.8. The Morgan fingerprint density at radius 2 is 1.61 bits per heavy atom. The number of likely N-dealkylation sites (tertiary alicyclic amines) is 1. The van der Waals surface area contributed by atoms with Crippen LogP contribution in [0.15, 0.2) is 24.3 Å². The number of rotatable bonds is 3. The Labute approximate surface area is 168 Å². The summed E-state index contributed by atoms with van der Waals surface area (Å²) in [6, 6.07) is 8.24. The fraction of sp³-hybridized carbons (Fsp3) is 0.652. The Hall–Kier alpha value is -1.88. The second-order valence-electron chi connectivity index (χ2n) is 9.14. The van der Waals surface area contributed by atoms with Gasteiger partial charge >= 0.3 is 0 Å². The molecule has 5 heteroatoms. The summed E-state index contributed by atoms with van der Waals surface area (Å²) in [6.45, 7) is 3.44. The molecule has 5 nitrogen and oxygen atoms in total. The van der Waals surface area contributed by atoms with Crippen LogP contribution < -0.4 is 11.1 Å². The molecule has 0 aromatic heterocycles. The summed E-state index contributed by atoms with van der Waals surface area (Å²) in [5, 5.41) is 3.28. The number of carbonyl (C=O) groups excluding carboxylic acids is 2. The van der Waals surface area contributed by atoms with Gasteiger partial charge in [-0.25, -0.2) is 0 Å². The van der Waals surface area contributed by atoms with Gasteiger partial charge in [0.2, 0.25) is 5.91 Å². The molecule has 2 aliphatic carbocycles. The van der Waals surface area contributed by atoms with Gasteiger partial charge in [0.1, 0.15) is 0 Å². The summed E-state index contributed by atoms with van der Waals surface area (Å²) in [4.78, 5) is 27.4. The van der Waals surface area contributed by atoms with Gasteiger partial charge in [-0.15, -0.1) is 0 Å². The number of nitrogens with zero attached hydrogens (tertiary/aromatic N) is 1. The molecule has 152 valence electrons. The third-order valence-electron chi connectivity index (χ3n) is 7.21. The summed E-state index contributed by atoms with van der Waals surface area (Å²) >= 11 is 0. The van der Waals surface area contributed by atoms with Crippen LogP contribution in [0.2, 0.25) is 0 Å². The van der Waals surface area contributed by atoms with E-state index < -0.39 is 0 Å². The largest absolute Gasteiger partial charge is 0.353 e. The predicted molar refractivity (Wildman–Crippen MR) is 110 cm³/mol. The number of hydrogen-bond acceptors (Lipinski definition) is 3. The molecule has 4 rings (SSSR count). The molecule has 0 spiro atoms. The Morgan fingerprint density at radius 1 is 1.00 bits per heavy atom. The van der Waals surface area contributed by atoms with Crippen molar-refractivity contribution in [3.8, 4) is 0 Å². The lowest BCUT2D eigenvalue weighted by Gasteiger charge is -2.44. The van der Waals surface area contributed by atoms with Crippen LogP contribution in [0.25, 0.3) is 0 Å². The van der Waals surface area contributed by atoms with Crippen LogP contribution in [0.5, 0.6) is 0 Å². The normalized spacial score (nSPS) is 30.7. The van der Waals surface area contributed by atoms with Gasteiger partial charge in [0, 0.05) is 36.7 Å². The SMILES string of the molecule is Cc1ccc(C(=O)N2CCC(NC(=O)C3CC4CCCC(C3)C4N)CC2)cc1. The lowest BCUT2D eigenvalue weighted by Crippen LogP contribution is -2.52. The van der Waals surface area contributed by atoms with Gasteiger partial charge in [-0.05, 0) is 69.4 Å². The molecule has 2 unspecified atom stereocenters. The summed E-state index contributed by atoms with van der Waals surface area (Å²) in [6.07, 6.45) is 7.21. The number of nitrogens with one attached hydrogen (secondary N) is 1. The molecule has 2 amide bonds. The second kappa shape index (κ2) is 8.24. The van der Waals surface area contributed by atoms with Crippen molar-refractivity contribution >= 4 is 11.8 Å². The molecular formula is C23H33N3O2. The number of carbonyl (C=O) groups is 2. The van der Waals surface area contributed by atoms with E-state index in [-0.39, 0.29) is 23.8 Å². The fourth-order valence-electron chi connectivity index (χ4n) is 5.43. The van der Waals surface area contributed by atoms with Gasteiger partial charge in [0.05, 0.1) is 0 Å². The topological polar surface area (TPSA) is 75.4 Å². The zero-order valence-electron chi connectivity index (χ0n) is 16.9. The van der Waals surface area contributed by atoms with E-state index >= 15 is 0 Å². The average molecular weight is 384 g/mol. The van der Waals surface area contributed by atoms with Crippen molar-refractivity contribution in [3.05, 3.63) is 35.4 Å². The molecule has 1 aromatic rings. The van der Waals surface area contributed by atoms with Gasteiger partial charge in [-0.3, -0.25) is 9.59 Å². The highest BCUT2D eigenvalue weighted by atomic mass is 16.2. The Kier molecular flexibility index (Phi) is 5.72. The van der Waals surface area contributed by atoms with Crippen LogP contribution in [-0.2, 0) is 4.79 Å². The Morgan fingerprint density at radius 3 is 2.21 bits per heavy atom. The highest BCUT2D eigenvalue weighted by molar-refractivity contribution is 5.94. The summed E-state index contributed by atoms with van der Waals surface area (Å²) in [5.74, 6) is 1.49. The van der Waals surface area contributed by atoms with E-state index in [9.17, 15) is 9.59 Å². The van der Waals surface area contributed by atoms with Gasteiger partial charge in [0.25, 0.3) is 5.91 Å². The zero-order chi connectivity index (χ0) is 19.7. The van der Waals surface area contributed by atoms with Crippen LogP contribution in [0.1, 0.15) is 60.9 Å². The number of aryl methyl sites for hydroxylation is 1. The van der Waals surface area contributed by atoms with E-state index in [4.69, 9.17) is 5.73 Å². The third kappa shape index (κ3) is 4.09. The van der Waals surface area contributed by atoms with Gasteiger partial charge in [-0.2, -0.15) is 0 Å². The van der Waals surface area contributed by atoms with E-state index in [1.165, 1.54) is 19.3 Å². The summed E-state index contributed by atoms with van der Waals surface area (Å²) in [5.41, 5.74) is 8.27. The standard InChI is InChI=1S/C23H33N3O2/c1-15-5-7-16(8-6-15)23(28)26-11-9-20(10-12-26)25-22(27)19-13-17-3-2-4-18(14-19)21(17)24/h5-8,17-21H,2-4,9-14,24H2,1H3,(H,25,27). The molecule has 1 saturated heterocycles. The predicted octanol–water partition coefficient (Wildman–Crippen LogP) is 2.87. The molecule has 2 bridgehead atoms. The smallest absolute Gasteiger partial charge is 0.253 e. The molecule has 2 saturated carbocycles. The number of nitrogens with two attached hydrogens (primary N) is 1. The van der Waals surface area contributed by atoms with Crippen LogP contribution in [0.4, 0.5) is 0 Å². The van der Waals surface area contributed by atoms with Crippen molar-refractivity contribution in [2.75, 3.05) is 13.1 Å². The quantitative estimate of drug-likeness (QED) is 0.843. The molecule has 2 atom stereocenters. The van der Waals surface area contributed by atoms with E-state index in [0.717, 1.165) is 36.8 Å². The van der Waals surface area contributed by atoms with Crippen molar-refractivity contribution in [2.45, 2.75) is 64.0 Å². The third-order valence-corrected chi connectivity index (χ3v) is 7.21. The van der Waals surface area contributed by atoms with Crippen molar-refractivity contribution in [1.29, 1.82) is 0 Å². The maximum Gasteiger partial charge on any atom is 0.253 e. The van der Waals surface area contributed by atoms with E-state index in [2.05, 4.69) is 5.32 Å². The maximum absolute atomic E-state index is 12.8. The van der Waals surface area contributed by atoms with E-state index in [0.29, 0.717) is 31.0 Å².